The van der Waals surface area contributed by atoms with E-state index in [4.69, 9.17) is 0 Å². The zero-order valence-electron chi connectivity index (χ0n) is 11.7. The molecule has 7 heteroatoms. The fourth-order valence-corrected chi connectivity index (χ4v) is 3.95. The molecule has 0 saturated heterocycles. The zero-order chi connectivity index (χ0) is 15.3. The van der Waals surface area contributed by atoms with Gasteiger partial charge in [-0.15, -0.1) is 0 Å². The van der Waals surface area contributed by atoms with Crippen LogP contribution < -0.4 is 0 Å². The highest BCUT2D eigenvalue weighted by Gasteiger charge is 2.20. The number of imidazole rings is 1. The van der Waals surface area contributed by atoms with Crippen LogP contribution >= 0.6 is 0 Å². The maximum atomic E-state index is 12.8. The first kappa shape index (κ1) is 13.0. The molecule has 0 aliphatic carbocycles. The number of nitrogens with zero attached hydrogens (tertiary/aromatic N) is 3. The number of aromatic nitrogens is 4. The van der Waals surface area contributed by atoms with Gasteiger partial charge in [0, 0.05) is 11.6 Å². The van der Waals surface area contributed by atoms with Gasteiger partial charge in [-0.3, -0.25) is 0 Å². The minimum Gasteiger partial charge on any atom is -0.343 e. The summed E-state index contributed by atoms with van der Waals surface area (Å²) in [5.41, 5.74) is 2.75. The molecule has 0 radical (unpaired) electrons. The van der Waals surface area contributed by atoms with Crippen molar-refractivity contribution in [2.75, 3.05) is 0 Å². The first-order valence-corrected chi connectivity index (χ1v) is 8.13. The van der Waals surface area contributed by atoms with Crippen molar-refractivity contribution in [3.63, 3.8) is 0 Å². The number of fused-ring (bicyclic) bond motifs is 3. The molecule has 1 N–H and O–H groups in total. The van der Waals surface area contributed by atoms with E-state index in [0.29, 0.717) is 16.6 Å². The Morgan fingerprint density at radius 2 is 2.05 bits per heavy atom. The smallest absolute Gasteiger partial charge is 0.269 e. The van der Waals surface area contributed by atoms with E-state index in [2.05, 4.69) is 15.0 Å². The van der Waals surface area contributed by atoms with Gasteiger partial charge in [0.15, 0.2) is 5.65 Å². The van der Waals surface area contributed by atoms with E-state index >= 15 is 0 Å². The number of rotatable bonds is 2. The molecule has 4 aromatic rings. The van der Waals surface area contributed by atoms with E-state index in [1.807, 2.05) is 13.0 Å². The Hall–Kier alpha value is -2.67. The SMILES string of the molecule is Cc1cccc(S(=O)(=O)n2ccc3c4nc[nH]c4cnc32)c1. The van der Waals surface area contributed by atoms with Crippen LogP contribution in [0.4, 0.5) is 0 Å². The lowest BCUT2D eigenvalue weighted by atomic mass is 10.2. The molecular weight excluding hydrogens is 300 g/mol. The van der Waals surface area contributed by atoms with Crippen molar-refractivity contribution in [2.45, 2.75) is 11.8 Å². The number of H-pyrrole nitrogens is 1. The van der Waals surface area contributed by atoms with Crippen LogP contribution in [0.15, 0.2) is 53.9 Å². The van der Waals surface area contributed by atoms with Gasteiger partial charge in [-0.1, -0.05) is 12.1 Å². The van der Waals surface area contributed by atoms with Gasteiger partial charge in [-0.25, -0.2) is 22.4 Å². The molecule has 0 fully saturated rings. The standard InChI is InChI=1S/C15H12N4O2S/c1-10-3-2-4-11(7-10)22(20,21)19-6-5-12-14-13(17-9-18-14)8-16-15(12)19/h2-9H,1H3,(H,17,18). The number of hydrogen-bond acceptors (Lipinski definition) is 4. The summed E-state index contributed by atoms with van der Waals surface area (Å²) in [5.74, 6) is 0. The van der Waals surface area contributed by atoms with Crippen LogP contribution in [-0.2, 0) is 10.0 Å². The summed E-state index contributed by atoms with van der Waals surface area (Å²) in [6.07, 6.45) is 4.68. The van der Waals surface area contributed by atoms with Crippen LogP contribution in [0.25, 0.3) is 22.1 Å². The average Bonchev–Trinajstić information content (AvgIpc) is 3.13. The van der Waals surface area contributed by atoms with Crippen molar-refractivity contribution in [1.29, 1.82) is 0 Å². The van der Waals surface area contributed by atoms with E-state index in [-0.39, 0.29) is 4.90 Å². The highest BCUT2D eigenvalue weighted by molar-refractivity contribution is 7.90. The van der Waals surface area contributed by atoms with Crippen LogP contribution in [0.3, 0.4) is 0 Å². The molecule has 6 nitrogen and oxygen atoms in total. The molecule has 0 atom stereocenters. The minimum absolute atomic E-state index is 0.244. The van der Waals surface area contributed by atoms with E-state index in [9.17, 15) is 8.42 Å². The summed E-state index contributed by atoms with van der Waals surface area (Å²) in [4.78, 5) is 11.7. The predicted molar refractivity (Wildman–Crippen MR) is 83.1 cm³/mol. The van der Waals surface area contributed by atoms with Crippen LogP contribution in [0, 0.1) is 6.92 Å². The second-order valence-electron chi connectivity index (χ2n) is 5.09. The largest absolute Gasteiger partial charge is 0.343 e. The normalized spacial score (nSPS) is 12.2. The van der Waals surface area contributed by atoms with Crippen molar-refractivity contribution in [3.05, 3.63) is 54.6 Å². The Labute approximate surface area is 126 Å². The molecule has 0 bridgehead atoms. The molecular formula is C15H12N4O2S. The lowest BCUT2D eigenvalue weighted by molar-refractivity contribution is 0.588. The molecule has 0 spiro atoms. The number of aromatic amines is 1. The molecule has 0 unspecified atom stereocenters. The summed E-state index contributed by atoms with van der Waals surface area (Å²) in [7, 11) is -3.68. The number of nitrogens with one attached hydrogen (secondary N) is 1. The van der Waals surface area contributed by atoms with Crippen LogP contribution in [0.5, 0.6) is 0 Å². The maximum absolute atomic E-state index is 12.8. The Kier molecular flexibility index (Phi) is 2.61. The summed E-state index contributed by atoms with van der Waals surface area (Å²) >= 11 is 0. The maximum Gasteiger partial charge on any atom is 0.269 e. The van der Waals surface area contributed by atoms with E-state index < -0.39 is 10.0 Å². The fourth-order valence-electron chi connectivity index (χ4n) is 2.54. The Balaban J connectivity index is 2.01. The van der Waals surface area contributed by atoms with Crippen LogP contribution in [0.1, 0.15) is 5.56 Å². The van der Waals surface area contributed by atoms with Crippen molar-refractivity contribution in [3.8, 4) is 0 Å². The van der Waals surface area contributed by atoms with Crippen molar-refractivity contribution < 1.29 is 8.42 Å². The summed E-state index contributed by atoms with van der Waals surface area (Å²) in [5, 5.41) is 0.704. The summed E-state index contributed by atoms with van der Waals surface area (Å²) < 4.78 is 26.9. The van der Waals surface area contributed by atoms with E-state index in [0.717, 1.165) is 11.1 Å². The van der Waals surface area contributed by atoms with Crippen molar-refractivity contribution >= 4 is 32.1 Å². The van der Waals surface area contributed by atoms with E-state index in [1.165, 1.54) is 10.2 Å². The lowest BCUT2D eigenvalue weighted by Crippen LogP contribution is -2.12. The topological polar surface area (TPSA) is 80.6 Å². The third kappa shape index (κ3) is 1.75. The van der Waals surface area contributed by atoms with Crippen LogP contribution in [-0.4, -0.2) is 27.3 Å². The van der Waals surface area contributed by atoms with Gasteiger partial charge in [0.1, 0.15) is 5.52 Å². The zero-order valence-corrected chi connectivity index (χ0v) is 12.5. The second kappa shape index (κ2) is 4.41. The first-order chi connectivity index (χ1) is 10.6. The fraction of sp³-hybridized carbons (Fsp3) is 0.0667. The second-order valence-corrected chi connectivity index (χ2v) is 6.91. The molecule has 0 aliphatic heterocycles. The van der Waals surface area contributed by atoms with Gasteiger partial charge in [-0.05, 0) is 30.7 Å². The van der Waals surface area contributed by atoms with E-state index in [1.54, 1.807) is 36.8 Å². The molecule has 22 heavy (non-hydrogen) atoms. The molecule has 3 heterocycles. The quantitative estimate of drug-likeness (QED) is 0.616. The number of pyridine rings is 1. The summed E-state index contributed by atoms with van der Waals surface area (Å²) in [6, 6.07) is 8.54. The van der Waals surface area contributed by atoms with Crippen LogP contribution in [0.2, 0.25) is 0 Å². The minimum atomic E-state index is -3.68. The number of hydrogen-bond donors (Lipinski definition) is 1. The molecule has 3 aromatic heterocycles. The van der Waals surface area contributed by atoms with Gasteiger partial charge < -0.3 is 4.98 Å². The lowest BCUT2D eigenvalue weighted by Gasteiger charge is -2.07. The van der Waals surface area contributed by atoms with Crippen molar-refractivity contribution in [2.24, 2.45) is 0 Å². The number of benzene rings is 1. The van der Waals surface area contributed by atoms with Gasteiger partial charge >= 0.3 is 0 Å². The molecule has 1 aromatic carbocycles. The predicted octanol–water partition coefficient (Wildman–Crippen LogP) is 2.46. The molecule has 0 aliphatic rings. The van der Waals surface area contributed by atoms with Gasteiger partial charge in [0.05, 0.1) is 22.9 Å². The highest BCUT2D eigenvalue weighted by Crippen LogP contribution is 2.25. The van der Waals surface area contributed by atoms with Gasteiger partial charge in [0.2, 0.25) is 0 Å². The van der Waals surface area contributed by atoms with Gasteiger partial charge in [0.25, 0.3) is 10.0 Å². The number of aryl methyl sites for hydroxylation is 1. The average molecular weight is 312 g/mol. The molecule has 110 valence electrons. The molecule has 0 amide bonds. The molecule has 4 rings (SSSR count). The monoisotopic (exact) mass is 312 g/mol. The highest BCUT2D eigenvalue weighted by atomic mass is 32.2. The third-order valence-corrected chi connectivity index (χ3v) is 5.27. The summed E-state index contributed by atoms with van der Waals surface area (Å²) in [6.45, 7) is 1.86. The Morgan fingerprint density at radius 3 is 2.86 bits per heavy atom. The van der Waals surface area contributed by atoms with Crippen molar-refractivity contribution in [1.82, 2.24) is 18.9 Å². The Morgan fingerprint density at radius 1 is 1.18 bits per heavy atom. The third-order valence-electron chi connectivity index (χ3n) is 3.61. The van der Waals surface area contributed by atoms with Gasteiger partial charge in [-0.2, -0.15) is 0 Å². The molecule has 0 saturated carbocycles. The first-order valence-electron chi connectivity index (χ1n) is 6.69. The Bertz CT molecular complexity index is 1110.